The molecule has 2 N–H and O–H groups in total. The number of hydrogen-bond donors (Lipinski definition) is 2. The van der Waals surface area contributed by atoms with Gasteiger partial charge in [-0.15, -0.1) is 0 Å². The fourth-order valence-corrected chi connectivity index (χ4v) is 1.65. The molecule has 0 saturated heterocycles. The molecule has 1 aromatic rings. The Labute approximate surface area is 101 Å². The van der Waals surface area contributed by atoms with Gasteiger partial charge in [0.1, 0.15) is 0 Å². The van der Waals surface area contributed by atoms with Gasteiger partial charge in [0.05, 0.1) is 4.92 Å². The zero-order valence-corrected chi connectivity index (χ0v) is 9.98. The molecule has 0 bridgehead atoms. The summed E-state index contributed by atoms with van der Waals surface area (Å²) in [4.78, 5) is 10.4. The Morgan fingerprint density at radius 1 is 1.35 bits per heavy atom. The Hall–Kier alpha value is -1.62. The van der Waals surface area contributed by atoms with Crippen molar-refractivity contribution in [3.05, 3.63) is 33.9 Å². The minimum absolute atomic E-state index is 0.144. The van der Waals surface area contributed by atoms with Gasteiger partial charge < -0.3 is 10.4 Å². The van der Waals surface area contributed by atoms with Crippen molar-refractivity contribution in [3.63, 3.8) is 0 Å². The monoisotopic (exact) mass is 238 g/mol. The topological polar surface area (TPSA) is 75.4 Å². The lowest BCUT2D eigenvalue weighted by molar-refractivity contribution is -0.385. The number of aliphatic hydroxyl groups excluding tert-OH is 1. The molecule has 0 heterocycles. The number of nitro groups is 1. The first-order chi connectivity index (χ1) is 8.16. The van der Waals surface area contributed by atoms with Gasteiger partial charge in [0.25, 0.3) is 5.69 Å². The molecular weight excluding hydrogens is 220 g/mol. The lowest BCUT2D eigenvalue weighted by Gasteiger charge is -2.09. The highest BCUT2D eigenvalue weighted by atomic mass is 16.6. The summed E-state index contributed by atoms with van der Waals surface area (Å²) in [7, 11) is 0. The Balaban J connectivity index is 2.54. The maximum atomic E-state index is 10.7. The van der Waals surface area contributed by atoms with Crippen LogP contribution in [0.15, 0.2) is 18.2 Å². The van der Waals surface area contributed by atoms with Crippen molar-refractivity contribution < 1.29 is 10.0 Å². The van der Waals surface area contributed by atoms with Crippen molar-refractivity contribution in [2.75, 3.05) is 18.5 Å². The second-order valence-electron chi connectivity index (χ2n) is 3.92. The molecular formula is C12H18N2O3. The third-order valence-electron chi connectivity index (χ3n) is 2.65. The summed E-state index contributed by atoms with van der Waals surface area (Å²) in [5.41, 5.74) is 1.62. The lowest BCUT2D eigenvalue weighted by Crippen LogP contribution is -2.04. The molecule has 0 spiro atoms. The fraction of sp³-hybridized carbons (Fsp3) is 0.500. The largest absolute Gasteiger partial charge is 0.396 e. The van der Waals surface area contributed by atoms with Crippen LogP contribution in [0.25, 0.3) is 0 Å². The van der Waals surface area contributed by atoms with Crippen LogP contribution in [-0.2, 0) is 0 Å². The van der Waals surface area contributed by atoms with E-state index in [4.69, 9.17) is 5.11 Å². The number of unbranched alkanes of at least 4 members (excludes halogenated alkanes) is 2. The van der Waals surface area contributed by atoms with E-state index in [1.807, 2.05) is 6.07 Å². The maximum absolute atomic E-state index is 10.7. The highest BCUT2D eigenvalue weighted by molar-refractivity contribution is 5.59. The summed E-state index contributed by atoms with van der Waals surface area (Å²) in [5, 5.41) is 22.5. The van der Waals surface area contributed by atoms with Gasteiger partial charge in [-0.25, -0.2) is 0 Å². The van der Waals surface area contributed by atoms with Gasteiger partial charge in [-0.2, -0.15) is 0 Å². The first kappa shape index (κ1) is 13.4. The number of aliphatic hydroxyl groups is 1. The van der Waals surface area contributed by atoms with Crippen LogP contribution < -0.4 is 5.32 Å². The van der Waals surface area contributed by atoms with Crippen LogP contribution in [0.3, 0.4) is 0 Å². The predicted octanol–water partition coefficient (Wildman–Crippen LogP) is 2.48. The second kappa shape index (κ2) is 6.85. The number of anilines is 1. The van der Waals surface area contributed by atoms with Crippen molar-refractivity contribution in [2.24, 2.45) is 0 Å². The molecule has 0 amide bonds. The summed E-state index contributed by atoms with van der Waals surface area (Å²) in [6.07, 6.45) is 2.70. The molecule has 0 saturated carbocycles. The van der Waals surface area contributed by atoms with E-state index < -0.39 is 0 Å². The molecule has 0 fully saturated rings. The number of nitrogens with zero attached hydrogens (tertiary/aromatic N) is 1. The maximum Gasteiger partial charge on any atom is 0.274 e. The van der Waals surface area contributed by atoms with Crippen LogP contribution in [0.4, 0.5) is 11.4 Å². The highest BCUT2D eigenvalue weighted by Crippen LogP contribution is 2.24. The number of nitro benzene ring substituents is 1. The molecule has 5 heteroatoms. The predicted molar refractivity (Wildman–Crippen MR) is 67.3 cm³/mol. The molecule has 94 valence electrons. The first-order valence-electron chi connectivity index (χ1n) is 5.75. The number of nitrogens with one attached hydrogen (secondary N) is 1. The fourth-order valence-electron chi connectivity index (χ4n) is 1.65. The molecule has 0 aliphatic carbocycles. The van der Waals surface area contributed by atoms with E-state index in [0.29, 0.717) is 5.56 Å². The van der Waals surface area contributed by atoms with E-state index in [2.05, 4.69) is 5.32 Å². The average molecular weight is 238 g/mol. The molecule has 0 aliphatic heterocycles. The van der Waals surface area contributed by atoms with Crippen LogP contribution in [0.5, 0.6) is 0 Å². The Morgan fingerprint density at radius 3 is 2.76 bits per heavy atom. The Kier molecular flexibility index (Phi) is 5.42. The van der Waals surface area contributed by atoms with E-state index in [-0.39, 0.29) is 17.2 Å². The molecule has 17 heavy (non-hydrogen) atoms. The van der Waals surface area contributed by atoms with Crippen molar-refractivity contribution in [2.45, 2.75) is 26.2 Å². The first-order valence-corrected chi connectivity index (χ1v) is 5.75. The van der Waals surface area contributed by atoms with E-state index in [0.717, 1.165) is 31.5 Å². The van der Waals surface area contributed by atoms with Crippen LogP contribution in [-0.4, -0.2) is 23.2 Å². The van der Waals surface area contributed by atoms with Gasteiger partial charge in [-0.1, -0.05) is 6.07 Å². The van der Waals surface area contributed by atoms with E-state index in [1.54, 1.807) is 13.0 Å². The molecule has 1 aromatic carbocycles. The standard InChI is InChI=1S/C12H18N2O3/c1-10-11(13-8-3-2-4-9-15)6-5-7-12(10)14(16)17/h5-7,13,15H,2-4,8-9H2,1H3. The minimum Gasteiger partial charge on any atom is -0.396 e. The van der Waals surface area contributed by atoms with E-state index in [1.165, 1.54) is 6.07 Å². The molecule has 0 radical (unpaired) electrons. The summed E-state index contributed by atoms with van der Waals surface area (Å²) < 4.78 is 0. The average Bonchev–Trinajstić information content (AvgIpc) is 2.30. The van der Waals surface area contributed by atoms with Crippen molar-refractivity contribution >= 4 is 11.4 Å². The van der Waals surface area contributed by atoms with Crippen LogP contribution >= 0.6 is 0 Å². The Bertz CT molecular complexity index is 380. The molecule has 0 aromatic heterocycles. The summed E-state index contributed by atoms with van der Waals surface area (Å²) in [6, 6.07) is 5.03. The van der Waals surface area contributed by atoms with Gasteiger partial charge in [0, 0.05) is 30.5 Å². The van der Waals surface area contributed by atoms with Gasteiger partial charge in [0.15, 0.2) is 0 Å². The van der Waals surface area contributed by atoms with Crippen molar-refractivity contribution in [1.29, 1.82) is 0 Å². The summed E-state index contributed by atoms with van der Waals surface area (Å²) in [6.45, 7) is 2.73. The second-order valence-corrected chi connectivity index (χ2v) is 3.92. The van der Waals surface area contributed by atoms with Gasteiger partial charge >= 0.3 is 0 Å². The van der Waals surface area contributed by atoms with Gasteiger partial charge in [-0.05, 0) is 32.3 Å². The lowest BCUT2D eigenvalue weighted by atomic mass is 10.1. The van der Waals surface area contributed by atoms with Crippen LogP contribution in [0.1, 0.15) is 24.8 Å². The van der Waals surface area contributed by atoms with Gasteiger partial charge in [-0.3, -0.25) is 10.1 Å². The molecule has 0 atom stereocenters. The molecule has 0 unspecified atom stereocenters. The van der Waals surface area contributed by atoms with Crippen molar-refractivity contribution in [1.82, 2.24) is 0 Å². The van der Waals surface area contributed by atoms with Gasteiger partial charge in [0.2, 0.25) is 0 Å². The number of hydrogen-bond acceptors (Lipinski definition) is 4. The molecule has 1 rings (SSSR count). The SMILES string of the molecule is Cc1c(NCCCCCO)cccc1[N+](=O)[O-]. The number of rotatable bonds is 7. The highest BCUT2D eigenvalue weighted by Gasteiger charge is 2.12. The van der Waals surface area contributed by atoms with Crippen LogP contribution in [0.2, 0.25) is 0 Å². The zero-order valence-electron chi connectivity index (χ0n) is 9.98. The molecule has 5 nitrogen and oxygen atoms in total. The smallest absolute Gasteiger partial charge is 0.274 e. The minimum atomic E-state index is -0.369. The third kappa shape index (κ3) is 4.03. The number of benzene rings is 1. The van der Waals surface area contributed by atoms with Crippen molar-refractivity contribution in [3.8, 4) is 0 Å². The molecule has 0 aliphatic rings. The summed E-state index contributed by atoms with van der Waals surface area (Å²) >= 11 is 0. The zero-order chi connectivity index (χ0) is 12.7. The Morgan fingerprint density at radius 2 is 2.12 bits per heavy atom. The third-order valence-corrected chi connectivity index (χ3v) is 2.65. The van der Waals surface area contributed by atoms with E-state index in [9.17, 15) is 10.1 Å². The normalized spacial score (nSPS) is 10.2. The van der Waals surface area contributed by atoms with Crippen LogP contribution in [0, 0.1) is 17.0 Å². The summed E-state index contributed by atoms with van der Waals surface area (Å²) in [5.74, 6) is 0. The van der Waals surface area contributed by atoms with E-state index >= 15 is 0 Å². The quantitative estimate of drug-likeness (QED) is 0.434.